The molecule has 0 fully saturated rings. The van der Waals surface area contributed by atoms with Crippen LogP contribution < -0.4 is 5.14 Å². The molecule has 3 aromatic rings. The van der Waals surface area contributed by atoms with E-state index < -0.39 is 10.0 Å². The van der Waals surface area contributed by atoms with Gasteiger partial charge >= 0.3 is 0 Å². The van der Waals surface area contributed by atoms with Crippen LogP contribution in [-0.2, 0) is 16.6 Å². The number of alkyl halides is 1. The summed E-state index contributed by atoms with van der Waals surface area (Å²) in [5.74, 6) is 0.816. The minimum absolute atomic E-state index is 0.0546. The summed E-state index contributed by atoms with van der Waals surface area (Å²) in [5.41, 5.74) is 2.44. The zero-order valence-corrected chi connectivity index (χ0v) is 17.7. The van der Waals surface area contributed by atoms with Crippen molar-refractivity contribution in [3.05, 3.63) is 72.3 Å². The minimum Gasteiger partial charge on any atom is -0.324 e. The number of benzene rings is 2. The number of nitrogens with two attached hydrogens (primary N) is 1. The molecule has 0 aliphatic heterocycles. The van der Waals surface area contributed by atoms with E-state index >= 15 is 0 Å². The molecule has 2 N–H and O–H groups in total. The molecule has 0 spiro atoms. The number of sulfonamides is 1. The highest BCUT2D eigenvalue weighted by molar-refractivity contribution is 7.89. The molecule has 3 rings (SSSR count). The molecule has 29 heavy (non-hydrogen) atoms. The quantitative estimate of drug-likeness (QED) is 0.448. The first-order valence-electron chi connectivity index (χ1n) is 9.13. The van der Waals surface area contributed by atoms with E-state index in [1.807, 2.05) is 36.4 Å². The number of carbonyl (C=O) groups is 1. The van der Waals surface area contributed by atoms with E-state index in [0.29, 0.717) is 29.7 Å². The van der Waals surface area contributed by atoms with Gasteiger partial charge in [0.15, 0.2) is 6.29 Å². The van der Waals surface area contributed by atoms with Gasteiger partial charge in [0.1, 0.15) is 5.69 Å². The highest BCUT2D eigenvalue weighted by Gasteiger charge is 2.16. The van der Waals surface area contributed by atoms with Crippen LogP contribution in [0.3, 0.4) is 0 Å². The predicted octanol–water partition coefficient (Wildman–Crippen LogP) is 4.08. The Hall–Kier alpha value is -2.48. The molecule has 0 radical (unpaired) electrons. The van der Waals surface area contributed by atoms with Gasteiger partial charge in [0, 0.05) is 18.0 Å². The molecule has 1 heterocycles. The van der Waals surface area contributed by atoms with E-state index in [1.165, 1.54) is 25.0 Å². The molecule has 0 amide bonds. The molecule has 0 aliphatic carbocycles. The van der Waals surface area contributed by atoms with Crippen molar-refractivity contribution >= 4 is 27.9 Å². The molecule has 2 aromatic carbocycles. The van der Waals surface area contributed by atoms with Crippen LogP contribution in [0.15, 0.2) is 66.0 Å². The van der Waals surface area contributed by atoms with E-state index in [4.69, 9.17) is 16.7 Å². The molecule has 0 saturated carbocycles. The summed E-state index contributed by atoms with van der Waals surface area (Å²) >= 11 is 5.30. The number of hydrogen-bond acceptors (Lipinski definition) is 4. The van der Waals surface area contributed by atoms with E-state index in [-0.39, 0.29) is 4.90 Å². The lowest BCUT2D eigenvalue weighted by Crippen LogP contribution is -2.14. The van der Waals surface area contributed by atoms with Crippen molar-refractivity contribution < 1.29 is 13.2 Å². The topological polar surface area (TPSA) is 95.1 Å². The first-order valence-corrected chi connectivity index (χ1v) is 11.2. The van der Waals surface area contributed by atoms with Crippen molar-refractivity contribution in [1.29, 1.82) is 0 Å². The van der Waals surface area contributed by atoms with E-state index in [0.717, 1.165) is 17.9 Å². The zero-order valence-electron chi connectivity index (χ0n) is 16.2. The number of aldehydes is 1. The van der Waals surface area contributed by atoms with Gasteiger partial charge < -0.3 is 4.57 Å². The number of unbranched alkanes of at least 4 members (excludes halogenated alkanes) is 1. The van der Waals surface area contributed by atoms with Crippen molar-refractivity contribution in [3.8, 4) is 11.1 Å². The van der Waals surface area contributed by atoms with Crippen molar-refractivity contribution in [2.75, 3.05) is 5.88 Å². The van der Waals surface area contributed by atoms with Crippen LogP contribution in [0.4, 0.5) is 0 Å². The Morgan fingerprint density at radius 1 is 1.17 bits per heavy atom. The Morgan fingerprint density at radius 2 is 1.90 bits per heavy atom. The largest absolute Gasteiger partial charge is 0.324 e. The lowest BCUT2D eigenvalue weighted by Gasteiger charge is -2.11. The summed E-state index contributed by atoms with van der Waals surface area (Å²) in [6.07, 6.45) is 6.04. The minimum atomic E-state index is -3.89. The van der Waals surface area contributed by atoms with E-state index in [1.54, 1.807) is 10.6 Å². The van der Waals surface area contributed by atoms with Gasteiger partial charge in [0.25, 0.3) is 0 Å². The summed E-state index contributed by atoms with van der Waals surface area (Å²) in [5, 5.41) is 5.39. The van der Waals surface area contributed by atoms with Crippen molar-refractivity contribution in [2.24, 2.45) is 5.14 Å². The van der Waals surface area contributed by atoms with Crippen LogP contribution in [0.2, 0.25) is 0 Å². The summed E-state index contributed by atoms with van der Waals surface area (Å²) in [7, 11) is -3.89. The first kappa shape index (κ1) is 22.8. The van der Waals surface area contributed by atoms with Crippen LogP contribution in [0.25, 0.3) is 11.1 Å². The second-order valence-electron chi connectivity index (χ2n) is 6.35. The number of rotatable bonds is 7. The van der Waals surface area contributed by atoms with Gasteiger partial charge in [-0.15, -0.1) is 11.6 Å². The number of primary sulfonamides is 1. The molecule has 0 atom stereocenters. The van der Waals surface area contributed by atoms with Gasteiger partial charge in [-0.1, -0.05) is 55.8 Å². The number of imidazole rings is 1. The molecule has 0 unspecified atom stereocenters. The van der Waals surface area contributed by atoms with Gasteiger partial charge in [-0.2, -0.15) is 0 Å². The highest BCUT2D eigenvalue weighted by Crippen LogP contribution is 2.28. The Balaban J connectivity index is 0.000000537. The first-order chi connectivity index (χ1) is 13.9. The van der Waals surface area contributed by atoms with E-state index in [9.17, 15) is 13.2 Å². The SMILES string of the molecule is CCCCCl.NS(=O)(=O)c1cc(Cn2cncc2C=O)ccc1-c1ccccc1. The van der Waals surface area contributed by atoms with Crippen LogP contribution in [-0.4, -0.2) is 30.1 Å². The van der Waals surface area contributed by atoms with Crippen LogP contribution >= 0.6 is 11.6 Å². The monoisotopic (exact) mass is 433 g/mol. The number of carbonyl (C=O) groups excluding carboxylic acids is 1. The Bertz CT molecular complexity index is 1030. The predicted molar refractivity (Wildman–Crippen MR) is 116 cm³/mol. The van der Waals surface area contributed by atoms with Crippen LogP contribution in [0, 0.1) is 0 Å². The second-order valence-corrected chi connectivity index (χ2v) is 8.26. The fourth-order valence-corrected chi connectivity index (χ4v) is 3.72. The molecule has 1 aromatic heterocycles. The fraction of sp³-hybridized carbons (Fsp3) is 0.238. The van der Waals surface area contributed by atoms with Crippen LogP contribution in [0.1, 0.15) is 35.8 Å². The summed E-state index contributed by atoms with van der Waals surface area (Å²) in [6, 6.07) is 14.2. The molecule has 8 heteroatoms. The Morgan fingerprint density at radius 3 is 2.45 bits per heavy atom. The standard InChI is InChI=1S/C17H15N3O3S.C4H9Cl/c18-24(22,23)17-8-13(10-20-12-19-9-15(20)11-21)6-7-16(17)14-4-2-1-3-5-14;1-2-3-4-5/h1-9,11-12H,10H2,(H2,18,22,23);2-4H2,1H3. The molecular formula is C21H24ClN3O3S. The smallest absolute Gasteiger partial charge is 0.238 e. The maximum absolute atomic E-state index is 12.0. The second kappa shape index (κ2) is 10.9. The third-order valence-corrected chi connectivity index (χ3v) is 5.36. The lowest BCUT2D eigenvalue weighted by atomic mass is 10.0. The average Bonchev–Trinajstić information content (AvgIpc) is 3.16. The Labute approximate surface area is 176 Å². The summed E-state index contributed by atoms with van der Waals surface area (Å²) in [6.45, 7) is 2.45. The molecule has 6 nitrogen and oxygen atoms in total. The maximum Gasteiger partial charge on any atom is 0.238 e. The number of hydrogen-bond donors (Lipinski definition) is 1. The van der Waals surface area contributed by atoms with Crippen LogP contribution in [0.5, 0.6) is 0 Å². The number of aromatic nitrogens is 2. The van der Waals surface area contributed by atoms with Gasteiger partial charge in [-0.05, 0) is 23.6 Å². The normalized spacial score (nSPS) is 10.9. The molecule has 0 saturated heterocycles. The fourth-order valence-electron chi connectivity index (χ4n) is 2.65. The van der Waals surface area contributed by atoms with Crippen molar-refractivity contribution in [3.63, 3.8) is 0 Å². The van der Waals surface area contributed by atoms with E-state index in [2.05, 4.69) is 11.9 Å². The average molecular weight is 434 g/mol. The summed E-state index contributed by atoms with van der Waals surface area (Å²) < 4.78 is 25.7. The molecule has 154 valence electrons. The third-order valence-electron chi connectivity index (χ3n) is 4.14. The number of nitrogens with zero attached hydrogens (tertiary/aromatic N) is 2. The highest BCUT2D eigenvalue weighted by atomic mass is 35.5. The summed E-state index contributed by atoms with van der Waals surface area (Å²) in [4.78, 5) is 14.9. The van der Waals surface area contributed by atoms with Gasteiger partial charge in [0.05, 0.1) is 17.4 Å². The lowest BCUT2D eigenvalue weighted by molar-refractivity contribution is 0.111. The number of halogens is 1. The third kappa shape index (κ3) is 6.52. The van der Waals surface area contributed by atoms with Gasteiger partial charge in [-0.3, -0.25) is 4.79 Å². The molecular weight excluding hydrogens is 410 g/mol. The van der Waals surface area contributed by atoms with Crippen molar-refractivity contribution in [2.45, 2.75) is 31.2 Å². The molecule has 0 bridgehead atoms. The van der Waals surface area contributed by atoms with Gasteiger partial charge in [-0.25, -0.2) is 18.5 Å². The maximum atomic E-state index is 12.0. The zero-order chi connectivity index (χ0) is 21.3. The Kier molecular flexibility index (Phi) is 8.57. The molecule has 0 aliphatic rings. The van der Waals surface area contributed by atoms with Crippen molar-refractivity contribution in [1.82, 2.24) is 9.55 Å². The van der Waals surface area contributed by atoms with Gasteiger partial charge in [0.2, 0.25) is 10.0 Å².